The Kier molecular flexibility index (Phi) is 3.08. The predicted molar refractivity (Wildman–Crippen MR) is 73.9 cm³/mol. The zero-order valence-electron chi connectivity index (χ0n) is 9.70. The Morgan fingerprint density at radius 3 is 2.72 bits per heavy atom. The van der Waals surface area contributed by atoms with Crippen LogP contribution >= 0.6 is 23.2 Å². The number of allylic oxidation sites excluding steroid dienone is 2. The summed E-state index contributed by atoms with van der Waals surface area (Å²) in [6, 6.07) is 5.09. The molecule has 0 aliphatic heterocycles. The minimum Gasteiger partial charge on any atom is -0.324 e. The van der Waals surface area contributed by atoms with Crippen LogP contribution in [0.3, 0.4) is 0 Å². The van der Waals surface area contributed by atoms with Gasteiger partial charge in [0, 0.05) is 10.9 Å². The second-order valence-corrected chi connectivity index (χ2v) is 5.84. The Morgan fingerprint density at radius 1 is 1.22 bits per heavy atom. The summed E-state index contributed by atoms with van der Waals surface area (Å²) in [6.45, 7) is 0. The van der Waals surface area contributed by atoms with E-state index in [9.17, 15) is 4.79 Å². The molecule has 1 saturated carbocycles. The van der Waals surface area contributed by atoms with Crippen molar-refractivity contribution in [2.24, 2.45) is 17.8 Å². The molecule has 2 nitrogen and oxygen atoms in total. The fraction of sp³-hybridized carbons (Fsp3) is 0.357. The Bertz CT molecular complexity index is 527. The molecule has 94 valence electrons. The zero-order valence-corrected chi connectivity index (χ0v) is 11.2. The minimum absolute atomic E-state index is 0.0519. The summed E-state index contributed by atoms with van der Waals surface area (Å²) in [7, 11) is 0. The summed E-state index contributed by atoms with van der Waals surface area (Å²) >= 11 is 11.9. The average Bonchev–Trinajstić information content (AvgIpc) is 2.96. The molecule has 4 heteroatoms. The molecule has 3 atom stereocenters. The molecule has 1 aromatic carbocycles. The lowest BCUT2D eigenvalue weighted by Gasteiger charge is -2.18. The Labute approximate surface area is 116 Å². The SMILES string of the molecule is O=C(Nc1cc(Cl)ccc1Cl)C1CC2C=CC1C2. The molecule has 0 spiro atoms. The highest BCUT2D eigenvalue weighted by molar-refractivity contribution is 6.35. The number of nitrogens with one attached hydrogen (secondary N) is 1. The summed E-state index contributed by atoms with van der Waals surface area (Å²) in [4.78, 5) is 12.2. The van der Waals surface area contributed by atoms with Gasteiger partial charge in [0.15, 0.2) is 0 Å². The van der Waals surface area contributed by atoms with Gasteiger partial charge in [-0.25, -0.2) is 0 Å². The van der Waals surface area contributed by atoms with Crippen LogP contribution in [0.2, 0.25) is 10.0 Å². The molecule has 2 aliphatic carbocycles. The van der Waals surface area contributed by atoms with Crippen LogP contribution in [0.25, 0.3) is 0 Å². The third-order valence-electron chi connectivity index (χ3n) is 3.80. The summed E-state index contributed by atoms with van der Waals surface area (Å²) in [5.74, 6) is 1.11. The molecule has 0 radical (unpaired) electrons. The van der Waals surface area contributed by atoms with Gasteiger partial charge >= 0.3 is 0 Å². The number of halogens is 2. The third-order valence-corrected chi connectivity index (χ3v) is 4.37. The summed E-state index contributed by atoms with van der Waals surface area (Å²) in [5, 5.41) is 3.98. The molecule has 0 saturated heterocycles. The lowest BCUT2D eigenvalue weighted by Crippen LogP contribution is -2.26. The number of carbonyl (C=O) groups excluding carboxylic acids is 1. The molecular weight excluding hydrogens is 269 g/mol. The minimum atomic E-state index is 0.0519. The molecule has 0 aromatic heterocycles. The van der Waals surface area contributed by atoms with Crippen LogP contribution in [-0.4, -0.2) is 5.91 Å². The molecule has 1 aromatic rings. The number of fused-ring (bicyclic) bond motifs is 2. The molecule has 1 amide bonds. The van der Waals surface area contributed by atoms with E-state index in [1.165, 1.54) is 0 Å². The van der Waals surface area contributed by atoms with Crippen molar-refractivity contribution in [3.63, 3.8) is 0 Å². The number of anilines is 1. The molecule has 2 aliphatic rings. The summed E-state index contributed by atoms with van der Waals surface area (Å²) in [6.07, 6.45) is 6.45. The largest absolute Gasteiger partial charge is 0.324 e. The van der Waals surface area contributed by atoms with E-state index in [1.807, 2.05) is 0 Å². The number of carbonyl (C=O) groups is 1. The van der Waals surface area contributed by atoms with Crippen LogP contribution in [0, 0.1) is 17.8 Å². The van der Waals surface area contributed by atoms with Gasteiger partial charge in [-0.05, 0) is 42.9 Å². The lowest BCUT2D eigenvalue weighted by molar-refractivity contribution is -0.120. The highest BCUT2D eigenvalue weighted by atomic mass is 35.5. The van der Waals surface area contributed by atoms with E-state index in [0.717, 1.165) is 12.8 Å². The maximum atomic E-state index is 12.2. The third kappa shape index (κ3) is 2.15. The van der Waals surface area contributed by atoms with E-state index in [0.29, 0.717) is 27.6 Å². The number of hydrogen-bond donors (Lipinski definition) is 1. The molecule has 1 N–H and O–H groups in total. The van der Waals surface area contributed by atoms with Gasteiger partial charge < -0.3 is 5.32 Å². The van der Waals surface area contributed by atoms with Crippen molar-refractivity contribution in [1.29, 1.82) is 0 Å². The summed E-state index contributed by atoms with van der Waals surface area (Å²) < 4.78 is 0. The first kappa shape index (κ1) is 12.1. The van der Waals surface area contributed by atoms with E-state index in [-0.39, 0.29) is 11.8 Å². The average molecular weight is 282 g/mol. The Hall–Kier alpha value is -0.990. The van der Waals surface area contributed by atoms with Crippen molar-refractivity contribution in [3.8, 4) is 0 Å². The lowest BCUT2D eigenvalue weighted by atomic mass is 9.93. The van der Waals surface area contributed by atoms with Crippen molar-refractivity contribution in [3.05, 3.63) is 40.4 Å². The first-order valence-corrected chi connectivity index (χ1v) is 6.83. The van der Waals surface area contributed by atoms with Crippen LogP contribution in [0.1, 0.15) is 12.8 Å². The fourth-order valence-corrected chi connectivity index (χ4v) is 3.24. The van der Waals surface area contributed by atoms with E-state index in [4.69, 9.17) is 23.2 Å². The standard InChI is InChI=1S/C14H13Cl2NO/c15-10-3-4-12(16)13(7-10)17-14(18)11-6-8-1-2-9(11)5-8/h1-4,7-9,11H,5-6H2,(H,17,18). The predicted octanol–water partition coefficient (Wildman–Crippen LogP) is 4.14. The highest BCUT2D eigenvalue weighted by Gasteiger charge is 2.39. The maximum absolute atomic E-state index is 12.2. The van der Waals surface area contributed by atoms with Crippen molar-refractivity contribution >= 4 is 34.8 Å². The van der Waals surface area contributed by atoms with Gasteiger partial charge in [-0.1, -0.05) is 35.4 Å². The van der Waals surface area contributed by atoms with Crippen LogP contribution in [-0.2, 0) is 4.79 Å². The molecule has 3 rings (SSSR count). The van der Waals surface area contributed by atoms with Gasteiger partial charge in [-0.2, -0.15) is 0 Å². The van der Waals surface area contributed by atoms with Crippen LogP contribution in [0.4, 0.5) is 5.69 Å². The number of rotatable bonds is 2. The van der Waals surface area contributed by atoms with Gasteiger partial charge in [0.2, 0.25) is 5.91 Å². The van der Waals surface area contributed by atoms with Gasteiger partial charge in [0.05, 0.1) is 10.7 Å². The van der Waals surface area contributed by atoms with Crippen molar-refractivity contribution in [2.75, 3.05) is 5.32 Å². The first-order chi connectivity index (χ1) is 8.63. The first-order valence-electron chi connectivity index (χ1n) is 6.08. The number of hydrogen-bond acceptors (Lipinski definition) is 1. The van der Waals surface area contributed by atoms with Crippen molar-refractivity contribution in [1.82, 2.24) is 0 Å². The molecule has 2 bridgehead atoms. The number of amides is 1. The highest BCUT2D eigenvalue weighted by Crippen LogP contribution is 2.44. The van der Waals surface area contributed by atoms with Gasteiger partial charge in [0.25, 0.3) is 0 Å². The van der Waals surface area contributed by atoms with E-state index >= 15 is 0 Å². The molecular formula is C14H13Cl2NO. The Morgan fingerprint density at radius 2 is 2.06 bits per heavy atom. The maximum Gasteiger partial charge on any atom is 0.228 e. The topological polar surface area (TPSA) is 29.1 Å². The second kappa shape index (κ2) is 4.60. The van der Waals surface area contributed by atoms with E-state index in [1.54, 1.807) is 18.2 Å². The zero-order chi connectivity index (χ0) is 12.7. The molecule has 0 heterocycles. The second-order valence-electron chi connectivity index (χ2n) is 5.00. The quantitative estimate of drug-likeness (QED) is 0.811. The normalized spacial score (nSPS) is 28.7. The summed E-state index contributed by atoms with van der Waals surface area (Å²) in [5.41, 5.74) is 0.598. The monoisotopic (exact) mass is 281 g/mol. The Balaban J connectivity index is 1.75. The fourth-order valence-electron chi connectivity index (χ4n) is 2.90. The molecule has 18 heavy (non-hydrogen) atoms. The smallest absolute Gasteiger partial charge is 0.228 e. The van der Waals surface area contributed by atoms with Gasteiger partial charge in [-0.3, -0.25) is 4.79 Å². The van der Waals surface area contributed by atoms with Gasteiger partial charge in [-0.15, -0.1) is 0 Å². The van der Waals surface area contributed by atoms with Crippen LogP contribution in [0.15, 0.2) is 30.4 Å². The van der Waals surface area contributed by atoms with Crippen LogP contribution < -0.4 is 5.32 Å². The van der Waals surface area contributed by atoms with E-state index < -0.39 is 0 Å². The molecule has 1 fully saturated rings. The van der Waals surface area contributed by atoms with Gasteiger partial charge in [0.1, 0.15) is 0 Å². The van der Waals surface area contributed by atoms with Crippen molar-refractivity contribution in [2.45, 2.75) is 12.8 Å². The van der Waals surface area contributed by atoms with Crippen molar-refractivity contribution < 1.29 is 4.79 Å². The number of benzene rings is 1. The molecule has 3 unspecified atom stereocenters. The van der Waals surface area contributed by atoms with Crippen LogP contribution in [0.5, 0.6) is 0 Å². The van der Waals surface area contributed by atoms with E-state index in [2.05, 4.69) is 17.5 Å².